The van der Waals surface area contributed by atoms with Crippen LogP contribution in [0.4, 0.5) is 0 Å². The van der Waals surface area contributed by atoms with Crippen molar-refractivity contribution in [3.05, 3.63) is 30.4 Å². The first-order valence-corrected chi connectivity index (χ1v) is 8.09. The highest BCUT2D eigenvalue weighted by molar-refractivity contribution is 5.61. The maximum Gasteiger partial charge on any atom is 0.155 e. The summed E-state index contributed by atoms with van der Waals surface area (Å²) in [6.45, 7) is 5.69. The van der Waals surface area contributed by atoms with E-state index in [9.17, 15) is 0 Å². The van der Waals surface area contributed by atoms with E-state index in [1.807, 2.05) is 18.5 Å². The van der Waals surface area contributed by atoms with Crippen molar-refractivity contribution in [2.24, 2.45) is 0 Å². The van der Waals surface area contributed by atoms with Gasteiger partial charge in [-0.25, -0.2) is 9.97 Å². The first-order valence-electron chi connectivity index (χ1n) is 8.09. The highest BCUT2D eigenvalue weighted by Gasteiger charge is 2.14. The molecule has 3 heteroatoms. The molecule has 1 aliphatic rings. The van der Waals surface area contributed by atoms with Gasteiger partial charge < -0.3 is 0 Å². The molecule has 2 heterocycles. The highest BCUT2D eigenvalue weighted by atomic mass is 15.1. The Morgan fingerprint density at radius 1 is 1.05 bits per heavy atom. The molecule has 0 aliphatic carbocycles. The summed E-state index contributed by atoms with van der Waals surface area (Å²) in [6.07, 6.45) is 15.3. The van der Waals surface area contributed by atoms with Crippen LogP contribution >= 0.6 is 0 Å². The molecule has 110 valence electrons. The lowest BCUT2D eigenvalue weighted by molar-refractivity contribution is 0.295. The van der Waals surface area contributed by atoms with Gasteiger partial charge >= 0.3 is 0 Å². The fourth-order valence-electron chi connectivity index (χ4n) is 2.74. The summed E-state index contributed by atoms with van der Waals surface area (Å²) >= 11 is 0. The maximum absolute atomic E-state index is 4.36. The molecule has 2 rings (SSSR count). The van der Waals surface area contributed by atoms with Crippen molar-refractivity contribution in [2.45, 2.75) is 51.9 Å². The number of rotatable bonds is 8. The van der Waals surface area contributed by atoms with Crippen LogP contribution in [0.1, 0.15) is 57.7 Å². The van der Waals surface area contributed by atoms with E-state index in [0.29, 0.717) is 0 Å². The van der Waals surface area contributed by atoms with E-state index in [2.05, 4.69) is 27.9 Å². The molecule has 0 bridgehead atoms. The van der Waals surface area contributed by atoms with Gasteiger partial charge in [0, 0.05) is 31.1 Å². The van der Waals surface area contributed by atoms with Crippen LogP contribution in [0.3, 0.4) is 0 Å². The molecular weight excluding hydrogens is 246 g/mol. The first kappa shape index (κ1) is 15.2. The number of nitrogens with zero attached hydrogens (tertiary/aromatic N) is 3. The van der Waals surface area contributed by atoms with Gasteiger partial charge in [0.15, 0.2) is 5.82 Å². The largest absolute Gasteiger partial charge is 0.299 e. The van der Waals surface area contributed by atoms with Gasteiger partial charge in [0.1, 0.15) is 0 Å². The molecular formula is C17H27N3. The van der Waals surface area contributed by atoms with E-state index >= 15 is 0 Å². The summed E-state index contributed by atoms with van der Waals surface area (Å²) in [5.41, 5.74) is 1.29. The Morgan fingerprint density at radius 3 is 2.60 bits per heavy atom. The van der Waals surface area contributed by atoms with Gasteiger partial charge in [0.05, 0.1) is 0 Å². The third kappa shape index (κ3) is 5.04. The van der Waals surface area contributed by atoms with Gasteiger partial charge in [-0.05, 0) is 25.5 Å². The molecule has 20 heavy (non-hydrogen) atoms. The third-order valence-electron chi connectivity index (χ3n) is 3.91. The Hall–Kier alpha value is -1.22. The van der Waals surface area contributed by atoms with Gasteiger partial charge in [-0.3, -0.25) is 4.90 Å². The van der Waals surface area contributed by atoms with Gasteiger partial charge in [0.2, 0.25) is 0 Å². The monoisotopic (exact) mass is 273 g/mol. The van der Waals surface area contributed by atoms with Crippen molar-refractivity contribution in [3.63, 3.8) is 0 Å². The standard InChI is InChI=1S/C17H27N3/c1-2-3-4-5-6-7-13-20-14-8-10-16(15-20)17-18-11-9-12-19-17/h9-12H,2-8,13-15H2,1H3. The number of hydrogen-bond acceptors (Lipinski definition) is 3. The Labute approximate surface area is 123 Å². The zero-order valence-electron chi connectivity index (χ0n) is 12.7. The minimum atomic E-state index is 0.903. The van der Waals surface area contributed by atoms with Gasteiger partial charge in [-0.15, -0.1) is 0 Å². The van der Waals surface area contributed by atoms with Crippen LogP contribution in [-0.4, -0.2) is 34.5 Å². The van der Waals surface area contributed by atoms with Crippen molar-refractivity contribution in [2.75, 3.05) is 19.6 Å². The van der Waals surface area contributed by atoms with Crippen LogP contribution in [-0.2, 0) is 0 Å². The molecule has 1 aliphatic heterocycles. The molecule has 0 atom stereocenters. The van der Waals surface area contributed by atoms with E-state index in [-0.39, 0.29) is 0 Å². The molecule has 1 aromatic rings. The summed E-state index contributed by atoms with van der Waals surface area (Å²) in [5, 5.41) is 0. The molecule has 0 radical (unpaired) electrons. The lowest BCUT2D eigenvalue weighted by Gasteiger charge is -2.26. The Morgan fingerprint density at radius 2 is 1.80 bits per heavy atom. The van der Waals surface area contributed by atoms with E-state index in [1.54, 1.807) is 0 Å². The van der Waals surface area contributed by atoms with Crippen LogP contribution in [0, 0.1) is 0 Å². The number of aromatic nitrogens is 2. The van der Waals surface area contributed by atoms with Gasteiger partial charge in [0.25, 0.3) is 0 Å². The molecule has 0 fully saturated rings. The fraction of sp³-hybridized carbons (Fsp3) is 0.647. The lowest BCUT2D eigenvalue weighted by atomic mass is 10.1. The summed E-state index contributed by atoms with van der Waals surface area (Å²) < 4.78 is 0. The van der Waals surface area contributed by atoms with Crippen LogP contribution in [0.5, 0.6) is 0 Å². The first-order chi connectivity index (χ1) is 9.90. The van der Waals surface area contributed by atoms with Gasteiger partial charge in [-0.2, -0.15) is 0 Å². The van der Waals surface area contributed by atoms with Gasteiger partial charge in [-0.1, -0.05) is 45.1 Å². The molecule has 0 amide bonds. The highest BCUT2D eigenvalue weighted by Crippen LogP contribution is 2.17. The smallest absolute Gasteiger partial charge is 0.155 e. The minimum absolute atomic E-state index is 0.903. The Bertz CT molecular complexity index is 400. The van der Waals surface area contributed by atoms with E-state index < -0.39 is 0 Å². The maximum atomic E-state index is 4.36. The Kier molecular flexibility index (Phi) is 6.72. The SMILES string of the molecule is CCCCCCCCN1CCC=C(c2ncccn2)C1. The molecule has 0 N–H and O–H groups in total. The predicted octanol–water partition coefficient (Wildman–Crippen LogP) is 3.93. The Balaban J connectivity index is 1.69. The predicted molar refractivity (Wildman–Crippen MR) is 84.4 cm³/mol. The average Bonchev–Trinajstić information content (AvgIpc) is 2.52. The second kappa shape index (κ2) is 8.85. The summed E-state index contributed by atoms with van der Waals surface area (Å²) in [5.74, 6) is 0.903. The van der Waals surface area contributed by atoms with E-state index in [0.717, 1.165) is 18.8 Å². The molecule has 0 aromatic carbocycles. The summed E-state index contributed by atoms with van der Waals surface area (Å²) in [4.78, 5) is 11.3. The van der Waals surface area contributed by atoms with Crippen LogP contribution in [0.15, 0.2) is 24.5 Å². The van der Waals surface area contributed by atoms with E-state index in [4.69, 9.17) is 0 Å². The molecule has 0 saturated heterocycles. The van der Waals surface area contributed by atoms with Crippen molar-refractivity contribution in [3.8, 4) is 0 Å². The zero-order valence-corrected chi connectivity index (χ0v) is 12.7. The third-order valence-corrected chi connectivity index (χ3v) is 3.91. The van der Waals surface area contributed by atoms with Crippen LogP contribution in [0.2, 0.25) is 0 Å². The minimum Gasteiger partial charge on any atom is -0.299 e. The topological polar surface area (TPSA) is 29.0 Å². The van der Waals surface area contributed by atoms with E-state index in [1.165, 1.54) is 57.2 Å². The molecule has 3 nitrogen and oxygen atoms in total. The average molecular weight is 273 g/mol. The quantitative estimate of drug-likeness (QED) is 0.672. The second-order valence-corrected chi connectivity index (χ2v) is 5.63. The van der Waals surface area contributed by atoms with Crippen molar-refractivity contribution in [1.29, 1.82) is 0 Å². The van der Waals surface area contributed by atoms with Crippen molar-refractivity contribution in [1.82, 2.24) is 14.9 Å². The molecule has 0 unspecified atom stereocenters. The normalized spacial score (nSPS) is 16.1. The fourth-order valence-corrected chi connectivity index (χ4v) is 2.74. The molecule has 0 saturated carbocycles. The zero-order chi connectivity index (χ0) is 14.0. The van der Waals surface area contributed by atoms with Crippen molar-refractivity contribution >= 4 is 5.57 Å². The number of hydrogen-bond donors (Lipinski definition) is 0. The summed E-state index contributed by atoms with van der Waals surface area (Å²) in [6, 6.07) is 1.88. The molecule has 1 aromatic heterocycles. The number of unbranched alkanes of at least 4 members (excludes halogenated alkanes) is 5. The second-order valence-electron chi connectivity index (χ2n) is 5.63. The van der Waals surface area contributed by atoms with Crippen LogP contribution in [0.25, 0.3) is 5.57 Å². The lowest BCUT2D eigenvalue weighted by Crippen LogP contribution is -2.30. The van der Waals surface area contributed by atoms with Crippen LogP contribution < -0.4 is 0 Å². The molecule has 0 spiro atoms. The van der Waals surface area contributed by atoms with Crippen molar-refractivity contribution < 1.29 is 0 Å². The summed E-state index contributed by atoms with van der Waals surface area (Å²) in [7, 11) is 0.